The fraction of sp³-hybridized carbons (Fsp3) is 0.333. The van der Waals surface area contributed by atoms with E-state index >= 15 is 0 Å². The first-order chi connectivity index (χ1) is 8.99. The van der Waals surface area contributed by atoms with Gasteiger partial charge in [-0.3, -0.25) is 9.59 Å². The molecule has 0 aliphatic rings. The van der Waals surface area contributed by atoms with Crippen molar-refractivity contribution in [2.45, 2.75) is 6.42 Å². The number of halogens is 2. The third-order valence-corrected chi connectivity index (χ3v) is 3.69. The topological polar surface area (TPSA) is 66.4 Å². The Morgan fingerprint density at radius 1 is 1.32 bits per heavy atom. The number of rotatable bonds is 7. The van der Waals surface area contributed by atoms with Gasteiger partial charge in [-0.2, -0.15) is 0 Å². The number of aliphatic carboxylic acids is 1. The van der Waals surface area contributed by atoms with Crippen molar-refractivity contribution in [3.05, 3.63) is 33.8 Å². The molecule has 0 atom stereocenters. The Kier molecular flexibility index (Phi) is 7.05. The van der Waals surface area contributed by atoms with Crippen LogP contribution in [0.5, 0.6) is 0 Å². The zero-order valence-corrected chi connectivity index (χ0v) is 12.3. The van der Waals surface area contributed by atoms with E-state index in [0.29, 0.717) is 27.9 Å². The molecule has 0 saturated heterocycles. The van der Waals surface area contributed by atoms with Crippen LogP contribution < -0.4 is 5.32 Å². The van der Waals surface area contributed by atoms with Crippen LogP contribution in [0.3, 0.4) is 0 Å². The molecule has 0 bridgehead atoms. The molecule has 4 nitrogen and oxygen atoms in total. The van der Waals surface area contributed by atoms with Crippen LogP contribution in [0.2, 0.25) is 10.0 Å². The van der Waals surface area contributed by atoms with Gasteiger partial charge < -0.3 is 10.4 Å². The van der Waals surface area contributed by atoms with E-state index in [9.17, 15) is 9.59 Å². The zero-order chi connectivity index (χ0) is 14.3. The molecule has 0 saturated carbocycles. The van der Waals surface area contributed by atoms with Gasteiger partial charge in [0.2, 0.25) is 5.91 Å². The first kappa shape index (κ1) is 16.1. The molecule has 0 aliphatic carbocycles. The molecule has 1 aromatic rings. The Hall–Kier alpha value is -0.910. The van der Waals surface area contributed by atoms with E-state index in [0.717, 1.165) is 0 Å². The maximum absolute atomic E-state index is 11.6. The van der Waals surface area contributed by atoms with Crippen LogP contribution in [0.25, 0.3) is 0 Å². The van der Waals surface area contributed by atoms with E-state index < -0.39 is 5.97 Å². The van der Waals surface area contributed by atoms with Crippen LogP contribution in [-0.4, -0.2) is 35.0 Å². The van der Waals surface area contributed by atoms with Crippen molar-refractivity contribution in [1.29, 1.82) is 0 Å². The molecule has 2 N–H and O–H groups in total. The monoisotopic (exact) mass is 321 g/mol. The highest BCUT2D eigenvalue weighted by Crippen LogP contribution is 2.21. The summed E-state index contributed by atoms with van der Waals surface area (Å²) in [6.07, 6.45) is 0.180. The van der Waals surface area contributed by atoms with Crippen molar-refractivity contribution >= 4 is 46.8 Å². The minimum absolute atomic E-state index is 0.0406. The van der Waals surface area contributed by atoms with Crippen molar-refractivity contribution in [3.8, 4) is 0 Å². The van der Waals surface area contributed by atoms with Gasteiger partial charge in [0.05, 0.1) is 12.2 Å². The molecular formula is C12H13Cl2NO3S. The molecule has 0 spiro atoms. The number of hydrogen-bond donors (Lipinski definition) is 2. The normalized spacial score (nSPS) is 10.2. The van der Waals surface area contributed by atoms with Gasteiger partial charge in [0, 0.05) is 22.3 Å². The van der Waals surface area contributed by atoms with Crippen LogP contribution in [0, 0.1) is 0 Å². The molecule has 0 radical (unpaired) electrons. The average Bonchev–Trinajstić information content (AvgIpc) is 2.32. The minimum atomic E-state index is -0.857. The fourth-order valence-corrected chi connectivity index (χ4v) is 2.36. The third kappa shape index (κ3) is 6.71. The van der Waals surface area contributed by atoms with Crippen LogP contribution in [0.4, 0.5) is 0 Å². The summed E-state index contributed by atoms with van der Waals surface area (Å²) in [7, 11) is 0. The van der Waals surface area contributed by atoms with E-state index in [1.165, 1.54) is 11.8 Å². The van der Waals surface area contributed by atoms with Gasteiger partial charge in [-0.1, -0.05) is 29.3 Å². The summed E-state index contributed by atoms with van der Waals surface area (Å²) in [5.74, 6) is -0.407. The summed E-state index contributed by atoms with van der Waals surface area (Å²) in [5.41, 5.74) is 0.710. The largest absolute Gasteiger partial charge is 0.481 e. The first-order valence-corrected chi connectivity index (χ1v) is 7.40. The van der Waals surface area contributed by atoms with Crippen LogP contribution in [0.1, 0.15) is 5.56 Å². The molecule has 1 amide bonds. The Labute approximate surface area is 125 Å². The second kappa shape index (κ2) is 8.30. The smallest absolute Gasteiger partial charge is 0.313 e. The number of carbonyl (C=O) groups is 2. The zero-order valence-electron chi connectivity index (χ0n) is 9.99. The SMILES string of the molecule is O=C(O)CSCCNC(=O)Cc1ccc(Cl)cc1Cl. The number of carboxylic acid groups (broad SMARTS) is 1. The van der Waals surface area contributed by atoms with Gasteiger partial charge in [0.25, 0.3) is 0 Å². The molecule has 0 heterocycles. The molecule has 0 fully saturated rings. The predicted octanol–water partition coefficient (Wildman–Crippen LogP) is 2.47. The maximum Gasteiger partial charge on any atom is 0.313 e. The summed E-state index contributed by atoms with van der Waals surface area (Å²) in [6.45, 7) is 0.433. The molecule has 0 unspecified atom stereocenters. The highest BCUT2D eigenvalue weighted by molar-refractivity contribution is 7.99. The van der Waals surface area contributed by atoms with E-state index in [1.54, 1.807) is 18.2 Å². The predicted molar refractivity (Wildman–Crippen MR) is 78.1 cm³/mol. The van der Waals surface area contributed by atoms with Crippen molar-refractivity contribution in [2.75, 3.05) is 18.1 Å². The number of hydrogen-bond acceptors (Lipinski definition) is 3. The van der Waals surface area contributed by atoms with Crippen LogP contribution in [-0.2, 0) is 16.0 Å². The highest BCUT2D eigenvalue weighted by atomic mass is 35.5. The summed E-state index contributed by atoms with van der Waals surface area (Å²) in [4.78, 5) is 21.9. The molecule has 1 aromatic carbocycles. The van der Waals surface area contributed by atoms with Gasteiger partial charge in [-0.15, -0.1) is 11.8 Å². The minimum Gasteiger partial charge on any atom is -0.481 e. The van der Waals surface area contributed by atoms with Gasteiger partial charge >= 0.3 is 5.97 Å². The number of carboxylic acids is 1. The number of benzene rings is 1. The molecule has 7 heteroatoms. The van der Waals surface area contributed by atoms with Gasteiger partial charge in [0.1, 0.15) is 0 Å². The average molecular weight is 322 g/mol. The lowest BCUT2D eigenvalue weighted by Crippen LogP contribution is -2.27. The second-order valence-electron chi connectivity index (χ2n) is 3.71. The van der Waals surface area contributed by atoms with E-state index in [2.05, 4.69) is 5.32 Å². The van der Waals surface area contributed by atoms with Crippen LogP contribution in [0.15, 0.2) is 18.2 Å². The van der Waals surface area contributed by atoms with Gasteiger partial charge in [0.15, 0.2) is 0 Å². The van der Waals surface area contributed by atoms with Crippen molar-refractivity contribution in [3.63, 3.8) is 0 Å². The Balaban J connectivity index is 2.29. The lowest BCUT2D eigenvalue weighted by atomic mass is 10.1. The molecule has 104 valence electrons. The number of carbonyl (C=O) groups excluding carboxylic acids is 1. The molecular weight excluding hydrogens is 309 g/mol. The second-order valence-corrected chi connectivity index (χ2v) is 5.66. The quantitative estimate of drug-likeness (QED) is 0.757. The van der Waals surface area contributed by atoms with E-state index in [1.807, 2.05) is 0 Å². The van der Waals surface area contributed by atoms with Gasteiger partial charge in [-0.25, -0.2) is 0 Å². The fourth-order valence-electron chi connectivity index (χ4n) is 1.32. The van der Waals surface area contributed by atoms with Crippen LogP contribution >= 0.6 is 35.0 Å². The lowest BCUT2D eigenvalue weighted by molar-refractivity contribution is -0.133. The summed E-state index contributed by atoms with van der Waals surface area (Å²) in [5, 5.41) is 12.1. The van der Waals surface area contributed by atoms with Crippen molar-refractivity contribution < 1.29 is 14.7 Å². The molecule has 0 aromatic heterocycles. The summed E-state index contributed by atoms with van der Waals surface area (Å²) in [6, 6.07) is 4.98. The summed E-state index contributed by atoms with van der Waals surface area (Å²) >= 11 is 13.0. The standard InChI is InChI=1S/C12H13Cl2NO3S/c13-9-2-1-8(10(14)6-9)5-11(16)15-3-4-19-7-12(17)18/h1-2,6H,3-5,7H2,(H,15,16)(H,17,18). The number of nitrogens with one attached hydrogen (secondary N) is 1. The Morgan fingerprint density at radius 2 is 2.05 bits per heavy atom. The van der Waals surface area contributed by atoms with Crippen molar-refractivity contribution in [1.82, 2.24) is 5.32 Å². The third-order valence-electron chi connectivity index (χ3n) is 2.16. The summed E-state index contributed by atoms with van der Waals surface area (Å²) < 4.78 is 0. The molecule has 1 rings (SSSR count). The molecule has 0 aliphatic heterocycles. The lowest BCUT2D eigenvalue weighted by Gasteiger charge is -2.06. The number of thioether (sulfide) groups is 1. The molecule has 19 heavy (non-hydrogen) atoms. The Bertz CT molecular complexity index is 468. The van der Waals surface area contributed by atoms with Gasteiger partial charge in [-0.05, 0) is 17.7 Å². The highest BCUT2D eigenvalue weighted by Gasteiger charge is 2.07. The Morgan fingerprint density at radius 3 is 2.68 bits per heavy atom. The van der Waals surface area contributed by atoms with E-state index in [4.69, 9.17) is 28.3 Å². The van der Waals surface area contributed by atoms with Crippen molar-refractivity contribution in [2.24, 2.45) is 0 Å². The number of amides is 1. The first-order valence-electron chi connectivity index (χ1n) is 5.49. The van der Waals surface area contributed by atoms with E-state index in [-0.39, 0.29) is 18.1 Å². The maximum atomic E-state index is 11.6.